The molecule has 0 N–H and O–H groups in total. The van der Waals surface area contributed by atoms with E-state index < -0.39 is 14.9 Å². The van der Waals surface area contributed by atoms with Gasteiger partial charge in [0.25, 0.3) is 0 Å². The van der Waals surface area contributed by atoms with Crippen molar-refractivity contribution in [3.63, 3.8) is 0 Å². The van der Waals surface area contributed by atoms with Gasteiger partial charge in [-0.2, -0.15) is 13.2 Å². The fourth-order valence-corrected chi connectivity index (χ4v) is 2.72. The van der Waals surface area contributed by atoms with E-state index in [0.717, 1.165) is 0 Å². The second kappa shape index (κ2) is 3.55. The minimum atomic E-state index is -4.09. The molecule has 0 saturated heterocycles. The van der Waals surface area contributed by atoms with Crippen LogP contribution in [0.2, 0.25) is 0 Å². The van der Waals surface area contributed by atoms with Gasteiger partial charge in [-0.3, -0.25) is 0 Å². The molecule has 0 bridgehead atoms. The lowest BCUT2D eigenvalue weighted by Gasteiger charge is -2.28. The fourth-order valence-electron chi connectivity index (χ4n) is 0.907. The molecule has 0 atom stereocenters. The van der Waals surface area contributed by atoms with Crippen molar-refractivity contribution < 1.29 is 13.2 Å². The standard InChI is InChI=1S/C5H12F3N2Si/c1-9(2)11(10(3)4)5(6,7)8/h1-4H3. The van der Waals surface area contributed by atoms with Crippen LogP contribution in [-0.2, 0) is 0 Å². The summed E-state index contributed by atoms with van der Waals surface area (Å²) >= 11 is 0. The van der Waals surface area contributed by atoms with Crippen LogP contribution in [0.1, 0.15) is 0 Å². The zero-order valence-corrected chi connectivity index (χ0v) is 8.03. The van der Waals surface area contributed by atoms with Gasteiger partial charge in [-0.05, 0) is 28.2 Å². The van der Waals surface area contributed by atoms with Crippen LogP contribution in [0.25, 0.3) is 0 Å². The number of nitrogens with zero attached hydrogens (tertiary/aromatic N) is 2. The summed E-state index contributed by atoms with van der Waals surface area (Å²) in [5, 5.41) is 0. The van der Waals surface area contributed by atoms with Gasteiger partial charge >= 0.3 is 14.9 Å². The fraction of sp³-hybridized carbons (Fsp3) is 1.00. The highest BCUT2D eigenvalue weighted by molar-refractivity contribution is 6.54. The summed E-state index contributed by atoms with van der Waals surface area (Å²) in [5.74, 6) is -4.09. The SMILES string of the molecule is CN(C)[Si](N(C)C)C(F)(F)F. The molecule has 0 heterocycles. The molecular formula is C5H12F3N2Si. The van der Waals surface area contributed by atoms with Crippen LogP contribution in [0, 0.1) is 0 Å². The maximum Gasteiger partial charge on any atom is 0.393 e. The summed E-state index contributed by atoms with van der Waals surface area (Å²) < 4.78 is 39.0. The Balaban J connectivity index is 4.35. The molecule has 1 radical (unpaired) electrons. The Bertz CT molecular complexity index is 115. The van der Waals surface area contributed by atoms with E-state index in [1.165, 1.54) is 37.3 Å². The molecular weight excluding hydrogens is 173 g/mol. The predicted molar refractivity (Wildman–Crippen MR) is 39.2 cm³/mol. The van der Waals surface area contributed by atoms with E-state index in [2.05, 4.69) is 0 Å². The Kier molecular flexibility index (Phi) is 3.53. The normalized spacial score (nSPS) is 13.6. The summed E-state index contributed by atoms with van der Waals surface area (Å²) in [4.78, 5) is 0. The van der Waals surface area contributed by atoms with Gasteiger partial charge in [0.05, 0.1) is 0 Å². The molecule has 0 aliphatic heterocycles. The smallest absolute Gasteiger partial charge is 0.310 e. The Morgan fingerprint density at radius 2 is 1.18 bits per heavy atom. The zero-order valence-electron chi connectivity index (χ0n) is 7.03. The Morgan fingerprint density at radius 1 is 0.909 bits per heavy atom. The average Bonchev–Trinajstić information content (AvgIpc) is 1.54. The first-order chi connectivity index (χ1) is 4.76. The van der Waals surface area contributed by atoms with E-state index in [4.69, 9.17) is 0 Å². The van der Waals surface area contributed by atoms with Crippen LogP contribution < -0.4 is 0 Å². The first-order valence-electron chi connectivity index (χ1n) is 3.05. The second-order valence-corrected chi connectivity index (χ2v) is 5.61. The number of hydrogen-bond donors (Lipinski definition) is 0. The van der Waals surface area contributed by atoms with E-state index in [1.807, 2.05) is 0 Å². The van der Waals surface area contributed by atoms with Crippen LogP contribution in [0.5, 0.6) is 0 Å². The number of rotatable bonds is 2. The van der Waals surface area contributed by atoms with Gasteiger partial charge < -0.3 is 9.13 Å². The molecule has 2 nitrogen and oxygen atoms in total. The lowest BCUT2D eigenvalue weighted by atomic mass is 11.2. The maximum atomic E-state index is 12.2. The topological polar surface area (TPSA) is 6.48 Å². The minimum absolute atomic E-state index is 1.23. The maximum absolute atomic E-state index is 12.2. The van der Waals surface area contributed by atoms with Crippen molar-refractivity contribution in [1.29, 1.82) is 0 Å². The van der Waals surface area contributed by atoms with E-state index in [-0.39, 0.29) is 0 Å². The Hall–Kier alpha value is -0.0731. The Morgan fingerprint density at radius 3 is 1.18 bits per heavy atom. The number of hydrogen-bond acceptors (Lipinski definition) is 2. The van der Waals surface area contributed by atoms with Crippen LogP contribution in [0.3, 0.4) is 0 Å². The summed E-state index contributed by atoms with van der Waals surface area (Å²) in [6, 6.07) is 0. The van der Waals surface area contributed by atoms with Crippen molar-refractivity contribution >= 4 is 9.12 Å². The molecule has 0 fully saturated rings. The van der Waals surface area contributed by atoms with Gasteiger partial charge in [-0.25, -0.2) is 0 Å². The average molecular weight is 185 g/mol. The van der Waals surface area contributed by atoms with Gasteiger partial charge in [0.15, 0.2) is 0 Å². The van der Waals surface area contributed by atoms with Gasteiger partial charge in [0.1, 0.15) is 0 Å². The van der Waals surface area contributed by atoms with E-state index in [9.17, 15) is 13.2 Å². The first kappa shape index (κ1) is 10.9. The molecule has 0 aromatic carbocycles. The lowest BCUT2D eigenvalue weighted by Crippen LogP contribution is -2.56. The largest absolute Gasteiger partial charge is 0.393 e. The molecule has 0 saturated carbocycles. The quantitative estimate of drug-likeness (QED) is 0.584. The third-order valence-corrected chi connectivity index (χ3v) is 3.30. The summed E-state index contributed by atoms with van der Waals surface area (Å²) in [7, 11) is 3.26. The van der Waals surface area contributed by atoms with Gasteiger partial charge in [0.2, 0.25) is 0 Å². The van der Waals surface area contributed by atoms with E-state index in [0.29, 0.717) is 0 Å². The molecule has 0 aromatic heterocycles. The van der Waals surface area contributed by atoms with Crippen molar-refractivity contribution in [2.75, 3.05) is 28.2 Å². The summed E-state index contributed by atoms with van der Waals surface area (Å²) in [5.41, 5.74) is 0. The summed E-state index contributed by atoms with van der Waals surface area (Å²) in [6.45, 7) is 0. The van der Waals surface area contributed by atoms with Crippen LogP contribution in [0.15, 0.2) is 0 Å². The first-order valence-corrected chi connectivity index (χ1v) is 4.45. The van der Waals surface area contributed by atoms with Gasteiger partial charge in [-0.15, -0.1) is 0 Å². The second-order valence-electron chi connectivity index (χ2n) is 2.61. The van der Waals surface area contributed by atoms with E-state index >= 15 is 0 Å². The van der Waals surface area contributed by atoms with Crippen molar-refractivity contribution in [1.82, 2.24) is 9.13 Å². The molecule has 0 unspecified atom stereocenters. The monoisotopic (exact) mass is 185 g/mol. The van der Waals surface area contributed by atoms with Crippen molar-refractivity contribution in [3.8, 4) is 0 Å². The van der Waals surface area contributed by atoms with Gasteiger partial charge in [-0.1, -0.05) is 0 Å². The van der Waals surface area contributed by atoms with Crippen molar-refractivity contribution in [3.05, 3.63) is 0 Å². The summed E-state index contributed by atoms with van der Waals surface area (Å²) in [6.07, 6.45) is 0. The molecule has 0 aliphatic carbocycles. The van der Waals surface area contributed by atoms with E-state index in [1.54, 1.807) is 0 Å². The predicted octanol–water partition coefficient (Wildman–Crippen LogP) is 0.699. The zero-order chi connectivity index (χ0) is 9.23. The molecule has 0 aliphatic rings. The van der Waals surface area contributed by atoms with Gasteiger partial charge in [0, 0.05) is 0 Å². The highest BCUT2D eigenvalue weighted by atomic mass is 28.3. The number of alkyl halides is 3. The van der Waals surface area contributed by atoms with Crippen molar-refractivity contribution in [2.24, 2.45) is 0 Å². The van der Waals surface area contributed by atoms with Crippen LogP contribution >= 0.6 is 0 Å². The molecule has 0 spiro atoms. The van der Waals surface area contributed by atoms with Crippen LogP contribution in [-0.4, -0.2) is 52.2 Å². The third-order valence-electron chi connectivity index (χ3n) is 1.10. The Labute approximate surface area is 66.4 Å². The molecule has 11 heavy (non-hydrogen) atoms. The highest BCUT2D eigenvalue weighted by Gasteiger charge is 2.46. The molecule has 0 amide bonds. The lowest BCUT2D eigenvalue weighted by molar-refractivity contribution is -0.0642. The molecule has 6 heteroatoms. The molecule has 0 rings (SSSR count). The van der Waals surface area contributed by atoms with Crippen LogP contribution in [0.4, 0.5) is 13.2 Å². The molecule has 67 valence electrons. The number of halogens is 3. The highest BCUT2D eigenvalue weighted by Crippen LogP contribution is 2.20. The minimum Gasteiger partial charge on any atom is -0.310 e. The van der Waals surface area contributed by atoms with Crippen molar-refractivity contribution in [2.45, 2.75) is 5.80 Å². The third kappa shape index (κ3) is 3.22. The molecule has 0 aromatic rings.